The average molecular weight is 468 g/mol. The number of H-pyrrole nitrogens is 1. The number of nitrogens with zero attached hydrogens (tertiary/aromatic N) is 3. The van der Waals surface area contributed by atoms with Gasteiger partial charge < -0.3 is 15.0 Å². The lowest BCUT2D eigenvalue weighted by Gasteiger charge is -2.11. The van der Waals surface area contributed by atoms with Crippen LogP contribution in [0.3, 0.4) is 0 Å². The molecule has 3 heterocycles. The number of anilines is 1. The van der Waals surface area contributed by atoms with Crippen molar-refractivity contribution in [2.24, 2.45) is 0 Å². The zero-order chi connectivity index (χ0) is 23.3. The van der Waals surface area contributed by atoms with Gasteiger partial charge in [0.05, 0.1) is 5.69 Å². The van der Waals surface area contributed by atoms with Crippen LogP contribution in [0.25, 0.3) is 22.1 Å². The summed E-state index contributed by atoms with van der Waals surface area (Å²) in [5.74, 6) is 1.20. The summed E-state index contributed by atoms with van der Waals surface area (Å²) in [6, 6.07) is 18.6. The molecular weight excluding hydrogens is 446 g/mol. The highest BCUT2D eigenvalue weighted by Crippen LogP contribution is 2.27. The number of hydrogen-bond donors (Lipinski definition) is 2. The van der Waals surface area contributed by atoms with Gasteiger partial charge in [0, 0.05) is 40.8 Å². The molecule has 0 atom stereocenters. The summed E-state index contributed by atoms with van der Waals surface area (Å²) < 4.78 is 5.75. The summed E-state index contributed by atoms with van der Waals surface area (Å²) in [5.41, 5.74) is 4.74. The summed E-state index contributed by atoms with van der Waals surface area (Å²) in [6.07, 6.45) is 5.33. The van der Waals surface area contributed by atoms with Crippen molar-refractivity contribution in [3.63, 3.8) is 0 Å². The Labute approximate surface area is 200 Å². The maximum Gasteiger partial charge on any atom is 0.255 e. The highest BCUT2D eigenvalue weighted by atomic mass is 32.1. The number of benzene rings is 2. The number of nitrogens with one attached hydrogen (secondary N) is 2. The predicted molar refractivity (Wildman–Crippen MR) is 133 cm³/mol. The Morgan fingerprint density at radius 2 is 1.94 bits per heavy atom. The highest BCUT2D eigenvalue weighted by Gasteiger charge is 2.12. The van der Waals surface area contributed by atoms with Gasteiger partial charge in [-0.05, 0) is 55.0 Å². The van der Waals surface area contributed by atoms with Crippen molar-refractivity contribution < 1.29 is 9.53 Å². The first-order valence-corrected chi connectivity index (χ1v) is 11.5. The number of carbonyl (C=O) groups excluding carboxylic acids is 1. The molecule has 3 aromatic heterocycles. The van der Waals surface area contributed by atoms with E-state index in [2.05, 4.69) is 25.3 Å². The van der Waals surface area contributed by atoms with Gasteiger partial charge in [-0.15, -0.1) is 11.3 Å². The van der Waals surface area contributed by atoms with Crippen molar-refractivity contribution in [3.8, 4) is 27.8 Å². The minimum atomic E-state index is -0.195. The largest absolute Gasteiger partial charge is 0.487 e. The van der Waals surface area contributed by atoms with Gasteiger partial charge in [0.2, 0.25) is 0 Å². The van der Waals surface area contributed by atoms with Crippen LogP contribution in [0.2, 0.25) is 0 Å². The molecule has 0 saturated carbocycles. The van der Waals surface area contributed by atoms with Crippen molar-refractivity contribution in [3.05, 3.63) is 101 Å². The molecule has 2 aromatic carbocycles. The SMILES string of the molecule is Cc1ccc(-c2nc(-c3nccs3)c[nH]2)cc1NC(=O)c1ccc(OCc2ccccn2)cc1. The van der Waals surface area contributed by atoms with Crippen LogP contribution in [0.4, 0.5) is 5.69 Å². The molecule has 1 amide bonds. The second-order valence-electron chi connectivity index (χ2n) is 7.59. The Bertz CT molecular complexity index is 1400. The molecule has 0 saturated heterocycles. The number of carbonyl (C=O) groups is 1. The summed E-state index contributed by atoms with van der Waals surface area (Å²) in [5, 5.41) is 5.78. The summed E-state index contributed by atoms with van der Waals surface area (Å²) in [4.78, 5) is 29.2. The quantitative estimate of drug-likeness (QED) is 0.319. The van der Waals surface area contributed by atoms with Gasteiger partial charge in [-0.25, -0.2) is 9.97 Å². The molecule has 5 aromatic rings. The van der Waals surface area contributed by atoms with E-state index in [-0.39, 0.29) is 5.91 Å². The lowest BCUT2D eigenvalue weighted by Crippen LogP contribution is -2.12. The van der Waals surface area contributed by atoms with E-state index in [1.807, 2.05) is 54.9 Å². The van der Waals surface area contributed by atoms with E-state index in [1.165, 1.54) is 11.3 Å². The van der Waals surface area contributed by atoms with E-state index >= 15 is 0 Å². The Morgan fingerprint density at radius 1 is 1.06 bits per heavy atom. The number of aromatic nitrogens is 4. The van der Waals surface area contributed by atoms with Crippen molar-refractivity contribution >= 4 is 22.9 Å². The van der Waals surface area contributed by atoms with Gasteiger partial charge in [0.15, 0.2) is 0 Å². The van der Waals surface area contributed by atoms with E-state index < -0.39 is 0 Å². The number of pyridine rings is 1. The van der Waals surface area contributed by atoms with Crippen molar-refractivity contribution in [1.82, 2.24) is 19.9 Å². The monoisotopic (exact) mass is 467 g/mol. The fourth-order valence-electron chi connectivity index (χ4n) is 3.37. The smallest absolute Gasteiger partial charge is 0.255 e. The van der Waals surface area contributed by atoms with Crippen LogP contribution in [0.1, 0.15) is 21.6 Å². The number of thiazole rings is 1. The van der Waals surface area contributed by atoms with Crippen LogP contribution in [0.5, 0.6) is 5.75 Å². The number of rotatable bonds is 7. The predicted octanol–water partition coefficient (Wildman–Crippen LogP) is 5.73. The second kappa shape index (κ2) is 9.68. The third-order valence-electron chi connectivity index (χ3n) is 5.22. The van der Waals surface area contributed by atoms with Gasteiger partial charge in [0.1, 0.15) is 28.9 Å². The van der Waals surface area contributed by atoms with Gasteiger partial charge >= 0.3 is 0 Å². The summed E-state index contributed by atoms with van der Waals surface area (Å²) >= 11 is 1.54. The highest BCUT2D eigenvalue weighted by molar-refractivity contribution is 7.13. The molecule has 8 heteroatoms. The van der Waals surface area contributed by atoms with Crippen LogP contribution >= 0.6 is 11.3 Å². The number of aryl methyl sites for hydroxylation is 1. The molecule has 7 nitrogen and oxygen atoms in total. The first-order chi connectivity index (χ1) is 16.7. The van der Waals surface area contributed by atoms with Crippen molar-refractivity contribution in [2.45, 2.75) is 13.5 Å². The van der Waals surface area contributed by atoms with Gasteiger partial charge in [-0.2, -0.15) is 0 Å². The third kappa shape index (κ3) is 4.87. The third-order valence-corrected chi connectivity index (χ3v) is 6.01. The normalized spacial score (nSPS) is 10.7. The Morgan fingerprint density at radius 3 is 2.71 bits per heavy atom. The first kappa shape index (κ1) is 21.5. The minimum Gasteiger partial charge on any atom is -0.487 e. The average Bonchev–Trinajstić information content (AvgIpc) is 3.57. The molecule has 5 rings (SSSR count). The van der Waals surface area contributed by atoms with E-state index in [1.54, 1.807) is 36.7 Å². The molecule has 0 unspecified atom stereocenters. The van der Waals surface area contributed by atoms with Crippen molar-refractivity contribution in [2.75, 3.05) is 5.32 Å². The van der Waals surface area contributed by atoms with Crippen LogP contribution in [0.15, 0.2) is 84.6 Å². The zero-order valence-corrected chi connectivity index (χ0v) is 19.2. The van der Waals surface area contributed by atoms with Crippen molar-refractivity contribution in [1.29, 1.82) is 0 Å². The molecule has 0 aliphatic carbocycles. The van der Waals surface area contributed by atoms with Gasteiger partial charge in [-0.3, -0.25) is 9.78 Å². The Hall–Kier alpha value is -4.30. The van der Waals surface area contributed by atoms with Crippen LogP contribution < -0.4 is 10.1 Å². The first-order valence-electron chi connectivity index (χ1n) is 10.7. The van der Waals surface area contributed by atoms with Gasteiger partial charge in [-0.1, -0.05) is 18.2 Å². The topological polar surface area (TPSA) is 92.8 Å². The Kier molecular flexibility index (Phi) is 6.13. The maximum atomic E-state index is 12.9. The summed E-state index contributed by atoms with van der Waals surface area (Å²) in [7, 11) is 0. The van der Waals surface area contributed by atoms with E-state index in [0.29, 0.717) is 17.9 Å². The number of ether oxygens (including phenoxy) is 1. The number of amides is 1. The van der Waals surface area contributed by atoms with E-state index in [0.717, 1.165) is 39.0 Å². The van der Waals surface area contributed by atoms with Crippen LogP contribution in [-0.4, -0.2) is 25.8 Å². The molecule has 0 spiro atoms. The Balaban J connectivity index is 1.27. The fourth-order valence-corrected chi connectivity index (χ4v) is 3.97. The minimum absolute atomic E-state index is 0.195. The fraction of sp³-hybridized carbons (Fsp3) is 0.0769. The molecular formula is C26H21N5O2S. The van der Waals surface area contributed by atoms with E-state index in [4.69, 9.17) is 4.74 Å². The van der Waals surface area contributed by atoms with E-state index in [9.17, 15) is 4.79 Å². The molecule has 0 bridgehead atoms. The second-order valence-corrected chi connectivity index (χ2v) is 8.48. The molecule has 2 N–H and O–H groups in total. The molecule has 34 heavy (non-hydrogen) atoms. The molecule has 0 radical (unpaired) electrons. The summed E-state index contributed by atoms with van der Waals surface area (Å²) in [6.45, 7) is 2.33. The van der Waals surface area contributed by atoms with Crippen LogP contribution in [-0.2, 0) is 6.61 Å². The van der Waals surface area contributed by atoms with Crippen LogP contribution in [0, 0.1) is 6.92 Å². The maximum absolute atomic E-state index is 12.9. The molecule has 0 aliphatic heterocycles. The number of aromatic amines is 1. The lowest BCUT2D eigenvalue weighted by molar-refractivity contribution is 0.102. The number of imidazole rings is 1. The number of hydrogen-bond acceptors (Lipinski definition) is 6. The zero-order valence-electron chi connectivity index (χ0n) is 18.4. The molecule has 168 valence electrons. The molecule has 0 fully saturated rings. The molecule has 0 aliphatic rings. The standard InChI is InChI=1S/C26H21N5O2S/c1-17-5-6-19(24-29-15-23(30-24)26-28-12-13-34-26)14-22(17)31-25(32)18-7-9-21(10-8-18)33-16-20-4-2-3-11-27-20/h2-15H,16H2,1H3,(H,29,30)(H,31,32). The lowest BCUT2D eigenvalue weighted by atomic mass is 10.1. The van der Waals surface area contributed by atoms with Gasteiger partial charge in [0.25, 0.3) is 5.91 Å².